The van der Waals surface area contributed by atoms with Gasteiger partial charge in [0.05, 0.1) is 23.7 Å². The Morgan fingerprint density at radius 3 is 2.62 bits per heavy atom. The van der Waals surface area contributed by atoms with Crippen LogP contribution in [0, 0.1) is 5.82 Å². The zero-order valence-electron chi connectivity index (χ0n) is 16.1. The Morgan fingerprint density at radius 2 is 2.00 bits per heavy atom. The van der Waals surface area contributed by atoms with Crippen LogP contribution in [0.3, 0.4) is 0 Å². The van der Waals surface area contributed by atoms with Gasteiger partial charge in [-0.25, -0.2) is 12.8 Å². The van der Waals surface area contributed by atoms with Crippen molar-refractivity contribution in [2.45, 2.75) is 24.3 Å². The molecule has 29 heavy (non-hydrogen) atoms. The topological polar surface area (TPSA) is 83.5 Å². The lowest BCUT2D eigenvalue weighted by Crippen LogP contribution is -2.42. The van der Waals surface area contributed by atoms with Gasteiger partial charge in [0.1, 0.15) is 5.82 Å². The number of benzene rings is 1. The van der Waals surface area contributed by atoms with E-state index in [1.165, 1.54) is 23.7 Å². The van der Waals surface area contributed by atoms with Crippen LogP contribution in [0.25, 0.3) is 0 Å². The summed E-state index contributed by atoms with van der Waals surface area (Å²) in [6.07, 6.45) is 0.567. The van der Waals surface area contributed by atoms with Crippen molar-refractivity contribution in [3.63, 3.8) is 0 Å². The molecule has 0 radical (unpaired) electrons. The first-order valence-electron chi connectivity index (χ1n) is 9.53. The Bertz CT molecular complexity index is 966. The van der Waals surface area contributed by atoms with Crippen LogP contribution in [-0.4, -0.2) is 77.9 Å². The van der Waals surface area contributed by atoms with Gasteiger partial charge in [-0.1, -0.05) is 16.6 Å². The molecule has 10 heteroatoms. The number of nitrogens with zero attached hydrogens (tertiary/aromatic N) is 4. The van der Waals surface area contributed by atoms with Crippen LogP contribution < -0.4 is 0 Å². The zero-order valence-corrected chi connectivity index (χ0v) is 17.7. The predicted octanol–water partition coefficient (Wildman–Crippen LogP) is 1.51. The number of amides is 1. The molecule has 2 aromatic rings. The smallest absolute Gasteiger partial charge is 0.236 e. The van der Waals surface area contributed by atoms with E-state index in [4.69, 9.17) is 0 Å². The summed E-state index contributed by atoms with van der Waals surface area (Å²) in [4.78, 5) is 16.6. The van der Waals surface area contributed by atoms with E-state index in [0.29, 0.717) is 19.5 Å². The Labute approximate surface area is 173 Å². The van der Waals surface area contributed by atoms with Gasteiger partial charge in [0, 0.05) is 36.3 Å². The third-order valence-corrected chi connectivity index (χ3v) is 8.22. The Kier molecular flexibility index (Phi) is 5.67. The summed E-state index contributed by atoms with van der Waals surface area (Å²) in [6, 6.07) is 6.28. The molecule has 0 unspecified atom stereocenters. The van der Waals surface area contributed by atoms with Crippen molar-refractivity contribution < 1.29 is 17.6 Å². The Hall–Kier alpha value is -1.91. The zero-order chi connectivity index (χ0) is 20.6. The van der Waals surface area contributed by atoms with Crippen LogP contribution in [0.2, 0.25) is 0 Å². The number of carbonyl (C=O) groups is 1. The summed E-state index contributed by atoms with van der Waals surface area (Å²) in [5.74, 6) is -0.0108. The van der Waals surface area contributed by atoms with Crippen molar-refractivity contribution in [2.24, 2.45) is 0 Å². The van der Waals surface area contributed by atoms with E-state index in [0.717, 1.165) is 11.3 Å². The molecule has 3 heterocycles. The number of likely N-dealkylation sites (N-methyl/N-ethyl adjacent to an activating group) is 1. The van der Waals surface area contributed by atoms with Crippen LogP contribution in [0.15, 0.2) is 29.6 Å². The van der Waals surface area contributed by atoms with Gasteiger partial charge in [0.15, 0.2) is 9.84 Å². The van der Waals surface area contributed by atoms with Crippen molar-refractivity contribution in [1.82, 2.24) is 19.4 Å². The maximum atomic E-state index is 13.4. The molecule has 1 amide bonds. The van der Waals surface area contributed by atoms with Crippen molar-refractivity contribution >= 4 is 27.3 Å². The highest BCUT2D eigenvalue weighted by molar-refractivity contribution is 7.91. The molecular weight excluding hydrogens is 415 g/mol. The highest BCUT2D eigenvalue weighted by atomic mass is 32.2. The molecule has 0 saturated carbocycles. The molecule has 2 aliphatic heterocycles. The van der Waals surface area contributed by atoms with Crippen LogP contribution in [0.5, 0.6) is 0 Å². The van der Waals surface area contributed by atoms with Gasteiger partial charge in [0.25, 0.3) is 0 Å². The van der Waals surface area contributed by atoms with E-state index >= 15 is 0 Å². The van der Waals surface area contributed by atoms with Crippen LogP contribution >= 0.6 is 11.5 Å². The normalized spacial score (nSPS) is 26.3. The number of rotatable bonds is 5. The second-order valence-corrected chi connectivity index (χ2v) is 10.7. The van der Waals surface area contributed by atoms with Crippen molar-refractivity contribution in [3.05, 3.63) is 46.7 Å². The monoisotopic (exact) mass is 438 g/mol. The molecule has 0 bridgehead atoms. The summed E-state index contributed by atoms with van der Waals surface area (Å²) >= 11 is 1.27. The molecule has 7 nitrogen and oxygen atoms in total. The first-order valence-corrected chi connectivity index (χ1v) is 12.2. The van der Waals surface area contributed by atoms with Crippen molar-refractivity contribution in [1.29, 1.82) is 0 Å². The van der Waals surface area contributed by atoms with E-state index in [1.807, 2.05) is 10.3 Å². The number of hydrogen-bond donors (Lipinski definition) is 0. The number of sulfone groups is 1. The summed E-state index contributed by atoms with van der Waals surface area (Å²) in [5.41, 5.74) is 1.81. The summed E-state index contributed by atoms with van der Waals surface area (Å²) < 4.78 is 40.8. The number of carbonyl (C=O) groups excluding carboxylic acids is 1. The maximum absolute atomic E-state index is 13.4. The van der Waals surface area contributed by atoms with Crippen molar-refractivity contribution in [3.8, 4) is 0 Å². The van der Waals surface area contributed by atoms with Crippen LogP contribution in [0.1, 0.15) is 29.5 Å². The second kappa shape index (κ2) is 8.08. The first-order chi connectivity index (χ1) is 13.8. The lowest BCUT2D eigenvalue weighted by atomic mass is 9.87. The van der Waals surface area contributed by atoms with Gasteiger partial charge in [-0.15, -0.1) is 5.10 Å². The van der Waals surface area contributed by atoms with Gasteiger partial charge >= 0.3 is 0 Å². The van der Waals surface area contributed by atoms with Crippen molar-refractivity contribution in [2.75, 3.05) is 38.2 Å². The molecule has 1 aromatic carbocycles. The molecule has 0 N–H and O–H groups in total. The average Bonchev–Trinajstić information content (AvgIpc) is 3.40. The van der Waals surface area contributed by atoms with Gasteiger partial charge in [0.2, 0.25) is 5.91 Å². The predicted molar refractivity (Wildman–Crippen MR) is 108 cm³/mol. The van der Waals surface area contributed by atoms with E-state index in [2.05, 4.69) is 9.59 Å². The highest BCUT2D eigenvalue weighted by Gasteiger charge is 2.39. The van der Waals surface area contributed by atoms with Gasteiger partial charge in [-0.3, -0.25) is 9.69 Å². The molecule has 156 valence electrons. The summed E-state index contributed by atoms with van der Waals surface area (Å²) in [6.45, 7) is 1.21. The van der Waals surface area contributed by atoms with Gasteiger partial charge < -0.3 is 4.90 Å². The van der Waals surface area contributed by atoms with Gasteiger partial charge in [-0.2, -0.15) is 0 Å². The van der Waals surface area contributed by atoms with Crippen LogP contribution in [-0.2, 0) is 14.6 Å². The summed E-state index contributed by atoms with van der Waals surface area (Å²) in [5, 5.41) is 6.10. The largest absolute Gasteiger partial charge is 0.340 e. The second-order valence-electron chi connectivity index (χ2n) is 7.87. The number of likely N-dealkylation sites (tertiary alicyclic amines) is 1. The first kappa shape index (κ1) is 20.4. The fourth-order valence-corrected chi connectivity index (χ4v) is 6.58. The molecule has 2 fully saturated rings. The third-order valence-electron chi connectivity index (χ3n) is 5.94. The lowest BCUT2D eigenvalue weighted by molar-refractivity contribution is -0.131. The van der Waals surface area contributed by atoms with Crippen LogP contribution in [0.4, 0.5) is 4.39 Å². The fraction of sp³-hybridized carbons (Fsp3) is 0.526. The maximum Gasteiger partial charge on any atom is 0.236 e. The standard InChI is InChI=1S/C19H23FN4O3S2/c1-23(15-6-7-29(26,27)12-15)10-19(25)24-8-16(13-2-4-14(20)5-3-13)17(9-24)18-11-28-22-21-18/h2-5,11,15-17H,6-10,12H2,1H3/t15-,16-,17+/m0/s1. The highest BCUT2D eigenvalue weighted by Crippen LogP contribution is 2.39. The minimum atomic E-state index is -2.99. The minimum absolute atomic E-state index is 0.000302. The van der Waals surface area contributed by atoms with E-state index in [1.54, 1.807) is 24.1 Å². The van der Waals surface area contributed by atoms with Gasteiger partial charge in [-0.05, 0) is 42.7 Å². The molecule has 2 saturated heterocycles. The molecule has 3 atom stereocenters. The Balaban J connectivity index is 1.48. The third kappa shape index (κ3) is 4.49. The SMILES string of the molecule is CN(CC(=O)N1C[C@@H](c2ccc(F)cc2)[C@H](c2csnn2)C1)[C@H]1CCS(=O)(=O)C1. The van der Waals surface area contributed by atoms with E-state index < -0.39 is 9.84 Å². The number of halogens is 1. The van der Waals surface area contributed by atoms with E-state index in [9.17, 15) is 17.6 Å². The number of hydrogen-bond acceptors (Lipinski definition) is 7. The summed E-state index contributed by atoms with van der Waals surface area (Å²) in [7, 11) is -1.19. The molecular formula is C19H23FN4O3S2. The lowest BCUT2D eigenvalue weighted by Gasteiger charge is -2.25. The molecule has 0 aliphatic carbocycles. The molecule has 4 rings (SSSR count). The quantitative estimate of drug-likeness (QED) is 0.704. The molecule has 0 spiro atoms. The molecule has 2 aliphatic rings. The minimum Gasteiger partial charge on any atom is -0.340 e. The number of aromatic nitrogens is 2. The Morgan fingerprint density at radius 1 is 1.28 bits per heavy atom. The fourth-order valence-electron chi connectivity index (χ4n) is 4.25. The van der Waals surface area contributed by atoms with E-state index in [-0.39, 0.29) is 47.7 Å². The average molecular weight is 439 g/mol. The molecule has 1 aromatic heterocycles.